The van der Waals surface area contributed by atoms with Crippen LogP contribution >= 0.6 is 0 Å². The Morgan fingerprint density at radius 1 is 0.840 bits per heavy atom. The molecule has 3 aromatic carbocycles. The Labute approximate surface area is 149 Å². The number of hydrogen-bond donors (Lipinski definition) is 1. The van der Waals surface area contributed by atoms with E-state index in [0.29, 0.717) is 0 Å². The fraction of sp³-hybridized carbons (Fsp3) is 0.273. The van der Waals surface area contributed by atoms with Crippen LogP contribution in [0, 0.1) is 0 Å². The molecule has 0 aromatic heterocycles. The molecule has 1 saturated heterocycles. The van der Waals surface area contributed by atoms with Gasteiger partial charge in [0.25, 0.3) is 0 Å². The van der Waals surface area contributed by atoms with Crippen LogP contribution in [0.5, 0.6) is 0 Å². The molecule has 1 aliphatic heterocycles. The SMILES string of the molecule is CN1CCN(c2cccc3ccc(NCc4ccccc4)cc23)CC1. The first-order chi connectivity index (χ1) is 12.3. The Bertz CT molecular complexity index is 836. The molecule has 1 heterocycles. The average molecular weight is 331 g/mol. The van der Waals surface area contributed by atoms with Crippen molar-refractivity contribution < 1.29 is 0 Å². The molecule has 1 N–H and O–H groups in total. The fourth-order valence-electron chi connectivity index (χ4n) is 3.49. The number of nitrogens with zero attached hydrogens (tertiary/aromatic N) is 2. The summed E-state index contributed by atoms with van der Waals surface area (Å²) < 4.78 is 0. The number of anilines is 2. The van der Waals surface area contributed by atoms with Crippen molar-refractivity contribution in [2.45, 2.75) is 6.54 Å². The first-order valence-electron chi connectivity index (χ1n) is 9.04. The first kappa shape index (κ1) is 16.0. The highest BCUT2D eigenvalue weighted by Gasteiger charge is 2.16. The van der Waals surface area contributed by atoms with Gasteiger partial charge in [-0.3, -0.25) is 0 Å². The highest BCUT2D eigenvalue weighted by atomic mass is 15.2. The van der Waals surface area contributed by atoms with Crippen molar-refractivity contribution in [2.75, 3.05) is 43.4 Å². The second-order valence-electron chi connectivity index (χ2n) is 6.84. The lowest BCUT2D eigenvalue weighted by Gasteiger charge is -2.34. The molecule has 1 aliphatic rings. The van der Waals surface area contributed by atoms with E-state index in [4.69, 9.17) is 0 Å². The molecule has 0 saturated carbocycles. The maximum absolute atomic E-state index is 3.56. The summed E-state index contributed by atoms with van der Waals surface area (Å²) in [5.74, 6) is 0. The third kappa shape index (κ3) is 3.62. The lowest BCUT2D eigenvalue weighted by Crippen LogP contribution is -2.44. The molecule has 0 bridgehead atoms. The Hall–Kier alpha value is -2.52. The lowest BCUT2D eigenvalue weighted by molar-refractivity contribution is 0.313. The average Bonchev–Trinajstić information content (AvgIpc) is 2.67. The number of rotatable bonds is 4. The largest absolute Gasteiger partial charge is 0.381 e. The van der Waals surface area contributed by atoms with Gasteiger partial charge in [0.1, 0.15) is 0 Å². The highest BCUT2D eigenvalue weighted by molar-refractivity contribution is 5.96. The molecule has 3 nitrogen and oxygen atoms in total. The number of piperazine rings is 1. The van der Waals surface area contributed by atoms with Gasteiger partial charge in [-0.2, -0.15) is 0 Å². The van der Waals surface area contributed by atoms with Crippen LogP contribution in [-0.2, 0) is 6.54 Å². The van der Waals surface area contributed by atoms with E-state index in [1.165, 1.54) is 27.7 Å². The Morgan fingerprint density at radius 3 is 2.44 bits per heavy atom. The van der Waals surface area contributed by atoms with Crippen LogP contribution in [0.4, 0.5) is 11.4 Å². The molecule has 0 aliphatic carbocycles. The second-order valence-corrected chi connectivity index (χ2v) is 6.84. The van der Waals surface area contributed by atoms with Gasteiger partial charge in [0.2, 0.25) is 0 Å². The van der Waals surface area contributed by atoms with Crippen molar-refractivity contribution in [1.82, 2.24) is 4.90 Å². The molecule has 0 atom stereocenters. The normalized spacial score (nSPS) is 15.5. The molecule has 1 fully saturated rings. The summed E-state index contributed by atoms with van der Waals surface area (Å²) >= 11 is 0. The summed E-state index contributed by atoms with van der Waals surface area (Å²) in [7, 11) is 2.20. The van der Waals surface area contributed by atoms with Crippen LogP contribution < -0.4 is 10.2 Å². The van der Waals surface area contributed by atoms with E-state index in [0.717, 1.165) is 32.7 Å². The standard InChI is InChI=1S/C22H25N3/c1-24-12-14-25(15-13-24)22-9-5-8-19-10-11-20(16-21(19)22)23-17-18-6-3-2-4-7-18/h2-11,16,23H,12-15,17H2,1H3. The van der Waals surface area contributed by atoms with Gasteiger partial charge >= 0.3 is 0 Å². The van der Waals surface area contributed by atoms with Crippen LogP contribution in [0.2, 0.25) is 0 Å². The molecular formula is C22H25N3. The van der Waals surface area contributed by atoms with Crippen LogP contribution in [0.3, 0.4) is 0 Å². The Morgan fingerprint density at radius 2 is 1.64 bits per heavy atom. The monoisotopic (exact) mass is 331 g/mol. The molecule has 128 valence electrons. The molecule has 4 rings (SSSR count). The number of benzene rings is 3. The minimum absolute atomic E-state index is 0.850. The molecule has 0 spiro atoms. The van der Waals surface area contributed by atoms with Gasteiger partial charge in [0.15, 0.2) is 0 Å². The summed E-state index contributed by atoms with van der Waals surface area (Å²) in [5.41, 5.74) is 3.84. The third-order valence-electron chi connectivity index (χ3n) is 5.04. The fourth-order valence-corrected chi connectivity index (χ4v) is 3.49. The van der Waals surface area contributed by atoms with Crippen molar-refractivity contribution >= 4 is 22.1 Å². The quantitative estimate of drug-likeness (QED) is 0.773. The molecule has 25 heavy (non-hydrogen) atoms. The Balaban J connectivity index is 1.59. The summed E-state index contributed by atoms with van der Waals surface area (Å²) in [6.07, 6.45) is 0. The van der Waals surface area contributed by atoms with Crippen molar-refractivity contribution in [1.29, 1.82) is 0 Å². The molecule has 0 radical (unpaired) electrons. The summed E-state index contributed by atoms with van der Waals surface area (Å²) in [6, 6.07) is 23.9. The zero-order valence-corrected chi connectivity index (χ0v) is 14.8. The smallest absolute Gasteiger partial charge is 0.0447 e. The highest BCUT2D eigenvalue weighted by Crippen LogP contribution is 2.30. The van der Waals surface area contributed by atoms with Gasteiger partial charge < -0.3 is 15.1 Å². The van der Waals surface area contributed by atoms with Gasteiger partial charge in [0, 0.05) is 49.5 Å². The number of hydrogen-bond acceptors (Lipinski definition) is 3. The number of nitrogens with one attached hydrogen (secondary N) is 1. The second kappa shape index (κ2) is 7.16. The Kier molecular flexibility index (Phi) is 4.57. The van der Waals surface area contributed by atoms with E-state index in [2.05, 4.69) is 88.9 Å². The topological polar surface area (TPSA) is 18.5 Å². The van der Waals surface area contributed by atoms with Crippen molar-refractivity contribution in [3.8, 4) is 0 Å². The first-order valence-corrected chi connectivity index (χ1v) is 9.04. The zero-order chi connectivity index (χ0) is 17.1. The van der Waals surface area contributed by atoms with E-state index in [-0.39, 0.29) is 0 Å². The van der Waals surface area contributed by atoms with Gasteiger partial charge in [-0.1, -0.05) is 48.5 Å². The summed E-state index contributed by atoms with van der Waals surface area (Å²) in [6.45, 7) is 5.29. The molecule has 3 aromatic rings. The minimum Gasteiger partial charge on any atom is -0.381 e. The zero-order valence-electron chi connectivity index (χ0n) is 14.8. The van der Waals surface area contributed by atoms with Gasteiger partial charge in [-0.15, -0.1) is 0 Å². The van der Waals surface area contributed by atoms with Gasteiger partial charge in [-0.05, 0) is 36.2 Å². The summed E-state index contributed by atoms with van der Waals surface area (Å²) in [4.78, 5) is 4.91. The lowest BCUT2D eigenvalue weighted by atomic mass is 10.1. The maximum atomic E-state index is 3.56. The predicted octanol–water partition coefficient (Wildman–Crippen LogP) is 4.20. The van der Waals surface area contributed by atoms with Crippen molar-refractivity contribution in [2.24, 2.45) is 0 Å². The number of likely N-dealkylation sites (N-methyl/N-ethyl adjacent to an activating group) is 1. The predicted molar refractivity (Wildman–Crippen MR) is 107 cm³/mol. The van der Waals surface area contributed by atoms with E-state index >= 15 is 0 Å². The van der Waals surface area contributed by atoms with Crippen molar-refractivity contribution in [3.05, 3.63) is 72.3 Å². The molecule has 0 amide bonds. The van der Waals surface area contributed by atoms with Crippen LogP contribution in [-0.4, -0.2) is 38.1 Å². The minimum atomic E-state index is 0.850. The van der Waals surface area contributed by atoms with E-state index in [1.54, 1.807) is 0 Å². The van der Waals surface area contributed by atoms with E-state index in [1.807, 2.05) is 0 Å². The van der Waals surface area contributed by atoms with Crippen molar-refractivity contribution in [3.63, 3.8) is 0 Å². The van der Waals surface area contributed by atoms with Gasteiger partial charge in [-0.25, -0.2) is 0 Å². The maximum Gasteiger partial charge on any atom is 0.0447 e. The molecule has 0 unspecified atom stereocenters. The molecule has 3 heteroatoms. The van der Waals surface area contributed by atoms with Crippen LogP contribution in [0.1, 0.15) is 5.56 Å². The van der Waals surface area contributed by atoms with Crippen LogP contribution in [0.15, 0.2) is 66.7 Å². The third-order valence-corrected chi connectivity index (χ3v) is 5.04. The van der Waals surface area contributed by atoms with E-state index in [9.17, 15) is 0 Å². The van der Waals surface area contributed by atoms with Gasteiger partial charge in [0.05, 0.1) is 0 Å². The number of fused-ring (bicyclic) bond motifs is 1. The molecular weight excluding hydrogens is 306 g/mol. The summed E-state index contributed by atoms with van der Waals surface area (Å²) in [5, 5.41) is 6.21. The van der Waals surface area contributed by atoms with Crippen LogP contribution in [0.25, 0.3) is 10.8 Å². The van der Waals surface area contributed by atoms with E-state index < -0.39 is 0 Å².